The number of hydrogen-bond donors (Lipinski definition) is 1. The third kappa shape index (κ3) is 3.28. The summed E-state index contributed by atoms with van der Waals surface area (Å²) >= 11 is 1.82. The van der Waals surface area contributed by atoms with Crippen molar-refractivity contribution in [3.63, 3.8) is 0 Å². The Morgan fingerprint density at radius 1 is 1.24 bits per heavy atom. The lowest BCUT2D eigenvalue weighted by Crippen LogP contribution is -2.23. The highest BCUT2D eigenvalue weighted by atomic mass is 32.1. The van der Waals surface area contributed by atoms with E-state index in [1.165, 1.54) is 15.6 Å². The zero-order valence-corrected chi connectivity index (χ0v) is 11.0. The van der Waals surface area contributed by atoms with Gasteiger partial charge in [-0.25, -0.2) is 0 Å². The maximum atomic E-state index is 8.78. The molecule has 0 radical (unpaired) electrons. The molecule has 2 rings (SSSR count). The number of nitrogens with zero attached hydrogens (tertiary/aromatic N) is 1. The van der Waals surface area contributed by atoms with Crippen LogP contribution in [-0.4, -0.2) is 36.8 Å². The zero-order chi connectivity index (χ0) is 12.1. The van der Waals surface area contributed by atoms with Crippen LogP contribution in [0.5, 0.6) is 0 Å². The Balaban J connectivity index is 1.95. The summed E-state index contributed by atoms with van der Waals surface area (Å²) in [5.41, 5.74) is 1.45. The molecule has 0 aliphatic heterocycles. The second kappa shape index (κ2) is 6.15. The van der Waals surface area contributed by atoms with Crippen molar-refractivity contribution in [1.29, 1.82) is 0 Å². The van der Waals surface area contributed by atoms with Gasteiger partial charge < -0.3 is 10.0 Å². The van der Waals surface area contributed by atoms with Gasteiger partial charge in [-0.2, -0.15) is 0 Å². The molecule has 1 aromatic heterocycles. The average Bonchev–Trinajstić information content (AvgIpc) is 2.77. The summed E-state index contributed by atoms with van der Waals surface area (Å²) in [4.78, 5) is 2.28. The first-order chi connectivity index (χ1) is 8.31. The Morgan fingerprint density at radius 3 is 2.88 bits per heavy atom. The van der Waals surface area contributed by atoms with E-state index in [1.54, 1.807) is 0 Å². The Morgan fingerprint density at radius 2 is 2.06 bits per heavy atom. The normalized spacial score (nSPS) is 11.5. The van der Waals surface area contributed by atoms with E-state index in [4.69, 9.17) is 5.11 Å². The van der Waals surface area contributed by atoms with E-state index < -0.39 is 0 Å². The van der Waals surface area contributed by atoms with Crippen LogP contribution in [0.25, 0.3) is 10.1 Å². The predicted molar refractivity (Wildman–Crippen MR) is 74.7 cm³/mol. The fraction of sp³-hybridized carbons (Fsp3) is 0.429. The molecular weight excluding hydrogens is 230 g/mol. The Hall–Kier alpha value is -0.900. The van der Waals surface area contributed by atoms with Crippen molar-refractivity contribution in [2.75, 3.05) is 26.7 Å². The van der Waals surface area contributed by atoms with Crippen molar-refractivity contribution in [1.82, 2.24) is 4.90 Å². The number of thiophene rings is 1. The van der Waals surface area contributed by atoms with E-state index >= 15 is 0 Å². The third-order valence-corrected chi connectivity index (χ3v) is 4.03. The SMILES string of the molecule is CN(CCCO)CCc1csc2ccccc12. The molecular formula is C14H19NOS. The number of aliphatic hydroxyl groups is 1. The molecule has 0 bridgehead atoms. The smallest absolute Gasteiger partial charge is 0.0443 e. The van der Waals surface area contributed by atoms with Gasteiger partial charge in [0, 0.05) is 24.4 Å². The second-order valence-electron chi connectivity index (χ2n) is 4.39. The summed E-state index contributed by atoms with van der Waals surface area (Å²) in [7, 11) is 2.12. The number of rotatable bonds is 6. The molecule has 0 fully saturated rings. The average molecular weight is 249 g/mol. The maximum absolute atomic E-state index is 8.78. The van der Waals surface area contributed by atoms with Crippen molar-refractivity contribution in [2.45, 2.75) is 12.8 Å². The summed E-state index contributed by atoms with van der Waals surface area (Å²) in [5.74, 6) is 0. The summed E-state index contributed by atoms with van der Waals surface area (Å²) in [5, 5.41) is 12.4. The monoisotopic (exact) mass is 249 g/mol. The molecule has 0 aliphatic rings. The van der Waals surface area contributed by atoms with Gasteiger partial charge in [-0.3, -0.25) is 0 Å². The second-order valence-corrected chi connectivity index (χ2v) is 5.30. The van der Waals surface area contributed by atoms with Crippen molar-refractivity contribution < 1.29 is 5.11 Å². The highest BCUT2D eigenvalue weighted by molar-refractivity contribution is 7.17. The lowest BCUT2D eigenvalue weighted by Gasteiger charge is -2.15. The number of benzene rings is 1. The van der Waals surface area contributed by atoms with Crippen molar-refractivity contribution in [3.05, 3.63) is 35.2 Å². The summed E-state index contributed by atoms with van der Waals surface area (Å²) in [6.07, 6.45) is 1.95. The number of hydrogen-bond acceptors (Lipinski definition) is 3. The molecule has 17 heavy (non-hydrogen) atoms. The lowest BCUT2D eigenvalue weighted by molar-refractivity contribution is 0.248. The van der Waals surface area contributed by atoms with Crippen molar-refractivity contribution in [2.24, 2.45) is 0 Å². The largest absolute Gasteiger partial charge is 0.396 e. The van der Waals surface area contributed by atoms with Crippen LogP contribution < -0.4 is 0 Å². The molecule has 0 spiro atoms. The highest BCUT2D eigenvalue weighted by Gasteiger charge is 2.04. The molecule has 2 aromatic rings. The molecule has 0 saturated carbocycles. The van der Waals surface area contributed by atoms with Gasteiger partial charge in [-0.15, -0.1) is 11.3 Å². The topological polar surface area (TPSA) is 23.5 Å². The third-order valence-electron chi connectivity index (χ3n) is 3.02. The van der Waals surface area contributed by atoms with Crippen LogP contribution in [0.15, 0.2) is 29.6 Å². The minimum absolute atomic E-state index is 0.283. The van der Waals surface area contributed by atoms with Gasteiger partial charge in [0.1, 0.15) is 0 Å². The Labute approximate surface area is 106 Å². The van der Waals surface area contributed by atoms with E-state index in [1.807, 2.05) is 11.3 Å². The number of aliphatic hydroxyl groups excluding tert-OH is 1. The molecule has 1 heterocycles. The van der Waals surface area contributed by atoms with Gasteiger partial charge in [-0.05, 0) is 42.3 Å². The van der Waals surface area contributed by atoms with Crippen molar-refractivity contribution in [3.8, 4) is 0 Å². The molecule has 0 saturated heterocycles. The molecule has 0 aliphatic carbocycles. The van der Waals surface area contributed by atoms with Crippen LogP contribution in [-0.2, 0) is 6.42 Å². The first-order valence-corrected chi connectivity index (χ1v) is 6.93. The Kier molecular flexibility index (Phi) is 4.54. The predicted octanol–water partition coefficient (Wildman–Crippen LogP) is 2.76. The lowest BCUT2D eigenvalue weighted by atomic mass is 10.1. The summed E-state index contributed by atoms with van der Waals surface area (Å²) < 4.78 is 1.38. The van der Waals surface area contributed by atoms with Crippen LogP contribution in [0.1, 0.15) is 12.0 Å². The van der Waals surface area contributed by atoms with Crippen LogP contribution in [0, 0.1) is 0 Å². The van der Waals surface area contributed by atoms with Gasteiger partial charge in [0.2, 0.25) is 0 Å². The van der Waals surface area contributed by atoms with E-state index in [0.717, 1.165) is 25.9 Å². The molecule has 1 N–H and O–H groups in total. The summed E-state index contributed by atoms with van der Waals surface area (Å²) in [6, 6.07) is 8.58. The summed E-state index contributed by atoms with van der Waals surface area (Å²) in [6.45, 7) is 2.31. The number of fused-ring (bicyclic) bond motifs is 1. The Bertz CT molecular complexity index is 466. The first-order valence-electron chi connectivity index (χ1n) is 6.06. The minimum atomic E-state index is 0.283. The van der Waals surface area contributed by atoms with E-state index in [0.29, 0.717) is 0 Å². The molecule has 0 atom stereocenters. The molecule has 1 aromatic carbocycles. The minimum Gasteiger partial charge on any atom is -0.396 e. The van der Waals surface area contributed by atoms with Crippen LogP contribution in [0.2, 0.25) is 0 Å². The van der Waals surface area contributed by atoms with Gasteiger partial charge in [-0.1, -0.05) is 18.2 Å². The van der Waals surface area contributed by atoms with Crippen LogP contribution in [0.3, 0.4) is 0 Å². The molecule has 0 unspecified atom stereocenters. The first kappa shape index (κ1) is 12.6. The highest BCUT2D eigenvalue weighted by Crippen LogP contribution is 2.25. The maximum Gasteiger partial charge on any atom is 0.0443 e. The molecule has 92 valence electrons. The fourth-order valence-electron chi connectivity index (χ4n) is 1.99. The fourth-order valence-corrected chi connectivity index (χ4v) is 2.99. The van der Waals surface area contributed by atoms with Gasteiger partial charge >= 0.3 is 0 Å². The van der Waals surface area contributed by atoms with Gasteiger partial charge in [0.05, 0.1) is 0 Å². The van der Waals surface area contributed by atoms with Crippen molar-refractivity contribution >= 4 is 21.4 Å². The number of likely N-dealkylation sites (N-methyl/N-ethyl adjacent to an activating group) is 1. The van der Waals surface area contributed by atoms with E-state index in [2.05, 4.69) is 41.6 Å². The molecule has 0 amide bonds. The molecule has 2 nitrogen and oxygen atoms in total. The van der Waals surface area contributed by atoms with Crippen LogP contribution >= 0.6 is 11.3 Å². The zero-order valence-electron chi connectivity index (χ0n) is 10.2. The molecule has 3 heteroatoms. The van der Waals surface area contributed by atoms with E-state index in [-0.39, 0.29) is 6.61 Å². The standard InChI is InChI=1S/C14H19NOS/c1-15(8-4-10-16)9-7-12-11-17-14-6-3-2-5-13(12)14/h2-3,5-6,11,16H,4,7-10H2,1H3. The quantitative estimate of drug-likeness (QED) is 0.851. The van der Waals surface area contributed by atoms with Crippen LogP contribution in [0.4, 0.5) is 0 Å². The van der Waals surface area contributed by atoms with Gasteiger partial charge in [0.15, 0.2) is 0 Å². The van der Waals surface area contributed by atoms with E-state index in [9.17, 15) is 0 Å². The van der Waals surface area contributed by atoms with Gasteiger partial charge in [0.25, 0.3) is 0 Å².